The number of hydrogen-bond acceptors (Lipinski definition) is 9. The van der Waals surface area contributed by atoms with Crippen LogP contribution in [-0.2, 0) is 38.4 Å². The highest BCUT2D eigenvalue weighted by Crippen LogP contribution is 2.22. The van der Waals surface area contributed by atoms with Crippen molar-refractivity contribution in [1.29, 1.82) is 0 Å². The second-order valence-corrected chi connectivity index (χ2v) is 9.57. The molecule has 0 bridgehead atoms. The number of carboxylic acids is 4. The van der Waals surface area contributed by atoms with Gasteiger partial charge in [-0.3, -0.25) is 33.6 Å². The molecule has 222 valence electrons. The molecule has 0 aromatic carbocycles. The molecule has 0 spiro atoms. The molecule has 2 saturated heterocycles. The van der Waals surface area contributed by atoms with Crippen LogP contribution in [0.2, 0.25) is 0 Å². The van der Waals surface area contributed by atoms with Crippen LogP contribution in [-0.4, -0.2) is 121 Å². The maximum Gasteiger partial charge on any atom is 0.326 e. The van der Waals surface area contributed by atoms with Crippen molar-refractivity contribution in [2.24, 2.45) is 5.73 Å². The smallest absolute Gasteiger partial charge is 0.326 e. The lowest BCUT2D eigenvalue weighted by Crippen LogP contribution is -2.58. The minimum Gasteiger partial charge on any atom is -0.481 e. The summed E-state index contributed by atoms with van der Waals surface area (Å²) < 4.78 is 0. The number of amides is 4. The number of rotatable bonds is 14. The average molecular weight is 572 g/mol. The van der Waals surface area contributed by atoms with Crippen molar-refractivity contribution in [2.75, 3.05) is 13.1 Å². The second-order valence-electron chi connectivity index (χ2n) is 9.57. The molecule has 0 radical (unpaired) electrons. The van der Waals surface area contributed by atoms with Crippen molar-refractivity contribution >= 4 is 47.5 Å². The summed E-state index contributed by atoms with van der Waals surface area (Å²) in [5.41, 5.74) is 5.64. The Labute approximate surface area is 227 Å². The maximum absolute atomic E-state index is 13.3. The molecule has 17 heteroatoms. The molecule has 17 nitrogen and oxygen atoms in total. The fourth-order valence-electron chi connectivity index (χ4n) is 4.73. The third-order valence-electron chi connectivity index (χ3n) is 6.64. The van der Waals surface area contributed by atoms with Gasteiger partial charge in [0, 0.05) is 19.5 Å². The highest BCUT2D eigenvalue weighted by molar-refractivity contribution is 5.97. The Bertz CT molecular complexity index is 1050. The first-order valence-electron chi connectivity index (χ1n) is 12.6. The zero-order valence-corrected chi connectivity index (χ0v) is 21.5. The van der Waals surface area contributed by atoms with Gasteiger partial charge in [-0.1, -0.05) is 0 Å². The van der Waals surface area contributed by atoms with E-state index in [9.17, 15) is 48.6 Å². The van der Waals surface area contributed by atoms with Crippen LogP contribution in [0.15, 0.2) is 0 Å². The lowest BCUT2D eigenvalue weighted by Gasteiger charge is -2.31. The molecular formula is C23H33N5O12. The number of nitrogens with two attached hydrogens (primary N) is 1. The Morgan fingerprint density at radius 2 is 1.18 bits per heavy atom. The Hall–Kier alpha value is -4.28. The fourth-order valence-corrected chi connectivity index (χ4v) is 4.73. The predicted octanol–water partition coefficient (Wildman–Crippen LogP) is -2.84. The molecule has 2 heterocycles. The van der Waals surface area contributed by atoms with Crippen LogP contribution in [0, 0.1) is 0 Å². The average Bonchev–Trinajstić information content (AvgIpc) is 3.54. The van der Waals surface area contributed by atoms with E-state index in [1.165, 1.54) is 0 Å². The van der Waals surface area contributed by atoms with E-state index in [-0.39, 0.29) is 25.9 Å². The first-order chi connectivity index (χ1) is 18.7. The summed E-state index contributed by atoms with van der Waals surface area (Å²) >= 11 is 0. The van der Waals surface area contributed by atoms with Gasteiger partial charge in [-0.25, -0.2) is 4.79 Å². The van der Waals surface area contributed by atoms with Crippen molar-refractivity contribution in [3.05, 3.63) is 0 Å². The standard InChI is InChI=1S/C23H33N5O12/c24-11(9-17(31)32)21(37)27-7-1-3-14(27)20(36)26-13(10-18(33)34)22(38)28-8-2-4-15(28)19(35)25-12(23(39)40)5-6-16(29)30/h11-15H,1-10,24H2,(H,25,35)(H,26,36)(H,29,30)(H,31,32)(H,33,34)(H,39,40)/t11-,12-,13-,14-,15-/m0/s1. The van der Waals surface area contributed by atoms with Crippen LogP contribution >= 0.6 is 0 Å². The fraction of sp³-hybridized carbons (Fsp3) is 0.652. The van der Waals surface area contributed by atoms with Crippen LogP contribution in [0.3, 0.4) is 0 Å². The topological polar surface area (TPSA) is 274 Å². The summed E-state index contributed by atoms with van der Waals surface area (Å²) in [6, 6.07) is -6.89. The zero-order valence-electron chi connectivity index (χ0n) is 21.5. The van der Waals surface area contributed by atoms with Crippen LogP contribution in [0.1, 0.15) is 51.4 Å². The molecule has 0 saturated carbocycles. The van der Waals surface area contributed by atoms with E-state index >= 15 is 0 Å². The number of aliphatic carboxylic acids is 4. The molecule has 8 N–H and O–H groups in total. The Kier molecular flexibility index (Phi) is 11.3. The Balaban J connectivity index is 2.15. The van der Waals surface area contributed by atoms with E-state index < -0.39 is 103 Å². The number of carbonyl (C=O) groups excluding carboxylic acids is 4. The molecule has 0 aliphatic carbocycles. The third kappa shape index (κ3) is 8.62. The largest absolute Gasteiger partial charge is 0.481 e. The maximum atomic E-state index is 13.3. The summed E-state index contributed by atoms with van der Waals surface area (Å²) in [5.74, 6) is -8.92. The van der Waals surface area contributed by atoms with Crippen molar-refractivity contribution in [3.8, 4) is 0 Å². The molecule has 40 heavy (non-hydrogen) atoms. The second kappa shape index (κ2) is 14.2. The van der Waals surface area contributed by atoms with Gasteiger partial charge in [-0.05, 0) is 32.1 Å². The molecule has 2 rings (SSSR count). The summed E-state index contributed by atoms with van der Waals surface area (Å²) in [6.07, 6.45) is -1.48. The molecule has 0 aromatic heterocycles. The van der Waals surface area contributed by atoms with Crippen molar-refractivity contribution in [1.82, 2.24) is 20.4 Å². The number of nitrogens with zero attached hydrogens (tertiary/aromatic N) is 2. The molecule has 0 aromatic rings. The first-order valence-corrected chi connectivity index (χ1v) is 12.6. The van der Waals surface area contributed by atoms with Crippen molar-refractivity contribution < 1.29 is 58.8 Å². The summed E-state index contributed by atoms with van der Waals surface area (Å²) in [4.78, 5) is 98.6. The van der Waals surface area contributed by atoms with E-state index in [2.05, 4.69) is 10.6 Å². The van der Waals surface area contributed by atoms with Crippen LogP contribution in [0.5, 0.6) is 0 Å². The zero-order chi connectivity index (χ0) is 30.1. The van der Waals surface area contributed by atoms with E-state index in [1.54, 1.807) is 0 Å². The van der Waals surface area contributed by atoms with Gasteiger partial charge in [0.25, 0.3) is 0 Å². The van der Waals surface area contributed by atoms with E-state index in [0.717, 1.165) is 9.80 Å². The Morgan fingerprint density at radius 3 is 1.62 bits per heavy atom. The number of carboxylic acid groups (broad SMARTS) is 4. The lowest BCUT2D eigenvalue weighted by atomic mass is 10.1. The summed E-state index contributed by atoms with van der Waals surface area (Å²) in [5, 5.41) is 40.9. The minimum absolute atomic E-state index is 0.00779. The van der Waals surface area contributed by atoms with Crippen LogP contribution in [0.25, 0.3) is 0 Å². The molecular weight excluding hydrogens is 538 g/mol. The van der Waals surface area contributed by atoms with Gasteiger partial charge in [0.05, 0.1) is 18.9 Å². The van der Waals surface area contributed by atoms with Gasteiger partial charge < -0.3 is 46.6 Å². The van der Waals surface area contributed by atoms with Gasteiger partial charge in [-0.15, -0.1) is 0 Å². The number of likely N-dealkylation sites (tertiary alicyclic amines) is 2. The molecule has 2 aliphatic rings. The van der Waals surface area contributed by atoms with Gasteiger partial charge in [0.1, 0.15) is 24.2 Å². The van der Waals surface area contributed by atoms with Crippen LogP contribution in [0.4, 0.5) is 0 Å². The van der Waals surface area contributed by atoms with Gasteiger partial charge >= 0.3 is 23.9 Å². The SMILES string of the molecule is N[C@@H](CC(=O)O)C(=O)N1CCC[C@H]1C(=O)N[C@@H](CC(=O)O)C(=O)N1CCC[C@H]1C(=O)N[C@@H](CCC(=O)O)C(=O)O. The van der Waals surface area contributed by atoms with Crippen molar-refractivity contribution in [2.45, 2.75) is 81.6 Å². The van der Waals surface area contributed by atoms with Gasteiger partial charge in [0.2, 0.25) is 23.6 Å². The number of carbonyl (C=O) groups is 8. The number of nitrogens with one attached hydrogen (secondary N) is 2. The molecule has 0 unspecified atom stereocenters. The molecule has 2 fully saturated rings. The normalized spacial score (nSPS) is 20.7. The monoisotopic (exact) mass is 571 g/mol. The Morgan fingerprint density at radius 1 is 0.700 bits per heavy atom. The number of hydrogen-bond donors (Lipinski definition) is 7. The summed E-state index contributed by atoms with van der Waals surface area (Å²) in [6.45, 7) is 0.108. The minimum atomic E-state index is -1.63. The van der Waals surface area contributed by atoms with Gasteiger partial charge in [0.15, 0.2) is 0 Å². The molecule has 4 amide bonds. The van der Waals surface area contributed by atoms with Crippen molar-refractivity contribution in [3.63, 3.8) is 0 Å². The van der Waals surface area contributed by atoms with E-state index in [1.807, 2.05) is 0 Å². The quantitative estimate of drug-likeness (QED) is 0.111. The van der Waals surface area contributed by atoms with E-state index in [0.29, 0.717) is 12.8 Å². The third-order valence-corrected chi connectivity index (χ3v) is 6.64. The highest BCUT2D eigenvalue weighted by atomic mass is 16.4. The first kappa shape index (κ1) is 31.9. The highest BCUT2D eigenvalue weighted by Gasteiger charge is 2.42. The van der Waals surface area contributed by atoms with Gasteiger partial charge in [-0.2, -0.15) is 0 Å². The molecule has 5 atom stereocenters. The summed E-state index contributed by atoms with van der Waals surface area (Å²) in [7, 11) is 0. The lowest BCUT2D eigenvalue weighted by molar-refractivity contribution is -0.148. The van der Waals surface area contributed by atoms with E-state index in [4.69, 9.17) is 15.9 Å². The van der Waals surface area contributed by atoms with Crippen LogP contribution < -0.4 is 16.4 Å². The predicted molar refractivity (Wildman–Crippen MR) is 130 cm³/mol. The molecule has 2 aliphatic heterocycles.